The van der Waals surface area contributed by atoms with Crippen LogP contribution in [0.2, 0.25) is 0 Å². The lowest BCUT2D eigenvalue weighted by Crippen LogP contribution is -2.23. The SMILES string of the molecule is CC(c1ccncc1)N1CCCC1. The van der Waals surface area contributed by atoms with E-state index in [4.69, 9.17) is 0 Å². The highest BCUT2D eigenvalue weighted by molar-refractivity contribution is 5.14. The molecule has 1 aliphatic rings. The molecule has 2 rings (SSSR count). The molecule has 0 aliphatic carbocycles. The first-order valence-corrected chi connectivity index (χ1v) is 5.02. The topological polar surface area (TPSA) is 16.1 Å². The Hall–Kier alpha value is -0.890. The zero-order valence-corrected chi connectivity index (χ0v) is 8.11. The van der Waals surface area contributed by atoms with E-state index in [9.17, 15) is 0 Å². The smallest absolute Gasteiger partial charge is 0.0320 e. The molecule has 1 aromatic rings. The second-order valence-corrected chi connectivity index (χ2v) is 3.70. The Morgan fingerprint density at radius 2 is 1.85 bits per heavy atom. The first-order chi connectivity index (χ1) is 6.38. The van der Waals surface area contributed by atoms with Crippen molar-refractivity contribution in [3.8, 4) is 0 Å². The molecule has 1 atom stereocenters. The third-order valence-electron chi connectivity index (χ3n) is 2.88. The van der Waals surface area contributed by atoms with Gasteiger partial charge in [0.1, 0.15) is 0 Å². The molecule has 1 aliphatic heterocycles. The lowest BCUT2D eigenvalue weighted by Gasteiger charge is -2.23. The van der Waals surface area contributed by atoms with Crippen molar-refractivity contribution in [3.63, 3.8) is 0 Å². The second-order valence-electron chi connectivity index (χ2n) is 3.70. The van der Waals surface area contributed by atoms with Crippen molar-refractivity contribution >= 4 is 0 Å². The van der Waals surface area contributed by atoms with Crippen LogP contribution in [0.5, 0.6) is 0 Å². The van der Waals surface area contributed by atoms with Gasteiger partial charge in [0.05, 0.1) is 0 Å². The van der Waals surface area contributed by atoms with E-state index in [1.165, 1.54) is 31.5 Å². The monoisotopic (exact) mass is 176 g/mol. The summed E-state index contributed by atoms with van der Waals surface area (Å²) in [5, 5.41) is 0. The highest BCUT2D eigenvalue weighted by Crippen LogP contribution is 2.23. The minimum absolute atomic E-state index is 0.561. The number of hydrogen-bond donors (Lipinski definition) is 0. The lowest BCUT2D eigenvalue weighted by atomic mass is 10.1. The molecule has 0 amide bonds. The maximum Gasteiger partial charge on any atom is 0.0320 e. The average Bonchev–Trinajstić information content (AvgIpc) is 2.71. The average molecular weight is 176 g/mol. The molecule has 0 N–H and O–H groups in total. The predicted octanol–water partition coefficient (Wildman–Crippen LogP) is 2.24. The van der Waals surface area contributed by atoms with E-state index >= 15 is 0 Å². The Morgan fingerprint density at radius 1 is 1.23 bits per heavy atom. The van der Waals surface area contributed by atoms with Crippen LogP contribution in [0.15, 0.2) is 24.5 Å². The van der Waals surface area contributed by atoms with Crippen molar-refractivity contribution in [2.24, 2.45) is 0 Å². The number of nitrogens with zero attached hydrogens (tertiary/aromatic N) is 2. The first kappa shape index (κ1) is 8.70. The summed E-state index contributed by atoms with van der Waals surface area (Å²) in [6.45, 7) is 4.79. The molecule has 2 heteroatoms. The van der Waals surface area contributed by atoms with Gasteiger partial charge in [-0.3, -0.25) is 9.88 Å². The van der Waals surface area contributed by atoms with Crippen LogP contribution in [-0.2, 0) is 0 Å². The van der Waals surface area contributed by atoms with Gasteiger partial charge < -0.3 is 0 Å². The second kappa shape index (κ2) is 3.88. The van der Waals surface area contributed by atoms with E-state index in [1.807, 2.05) is 12.4 Å². The number of likely N-dealkylation sites (tertiary alicyclic amines) is 1. The molecular weight excluding hydrogens is 160 g/mol. The number of rotatable bonds is 2. The van der Waals surface area contributed by atoms with E-state index in [0.717, 1.165) is 0 Å². The molecule has 2 nitrogen and oxygen atoms in total. The van der Waals surface area contributed by atoms with E-state index in [-0.39, 0.29) is 0 Å². The van der Waals surface area contributed by atoms with E-state index in [0.29, 0.717) is 6.04 Å². The van der Waals surface area contributed by atoms with Crippen molar-refractivity contribution in [1.29, 1.82) is 0 Å². The van der Waals surface area contributed by atoms with E-state index < -0.39 is 0 Å². The van der Waals surface area contributed by atoms with Gasteiger partial charge in [0, 0.05) is 18.4 Å². The van der Waals surface area contributed by atoms with Gasteiger partial charge in [-0.15, -0.1) is 0 Å². The van der Waals surface area contributed by atoms with Crippen molar-refractivity contribution in [1.82, 2.24) is 9.88 Å². The largest absolute Gasteiger partial charge is 0.297 e. The van der Waals surface area contributed by atoms with E-state index in [1.54, 1.807) is 0 Å². The summed E-state index contributed by atoms with van der Waals surface area (Å²) < 4.78 is 0. The fourth-order valence-electron chi connectivity index (χ4n) is 1.98. The standard InChI is InChI=1S/C11H16N2/c1-10(13-8-2-3-9-13)11-4-6-12-7-5-11/h4-7,10H,2-3,8-9H2,1H3. The first-order valence-electron chi connectivity index (χ1n) is 5.02. The highest BCUT2D eigenvalue weighted by atomic mass is 15.2. The van der Waals surface area contributed by atoms with Crippen LogP contribution in [0.3, 0.4) is 0 Å². The minimum atomic E-state index is 0.561. The molecule has 2 heterocycles. The molecule has 0 aromatic carbocycles. The summed E-state index contributed by atoms with van der Waals surface area (Å²) in [4.78, 5) is 6.57. The van der Waals surface area contributed by atoms with Gasteiger partial charge in [0.2, 0.25) is 0 Å². The van der Waals surface area contributed by atoms with Crippen LogP contribution in [-0.4, -0.2) is 23.0 Å². The van der Waals surface area contributed by atoms with Crippen LogP contribution in [0.1, 0.15) is 31.4 Å². The van der Waals surface area contributed by atoms with Gasteiger partial charge >= 0.3 is 0 Å². The third-order valence-corrected chi connectivity index (χ3v) is 2.88. The third kappa shape index (κ3) is 1.89. The van der Waals surface area contributed by atoms with Crippen molar-refractivity contribution in [3.05, 3.63) is 30.1 Å². The highest BCUT2D eigenvalue weighted by Gasteiger charge is 2.18. The van der Waals surface area contributed by atoms with Crippen LogP contribution >= 0.6 is 0 Å². The minimum Gasteiger partial charge on any atom is -0.297 e. The number of pyridine rings is 1. The van der Waals surface area contributed by atoms with Crippen molar-refractivity contribution < 1.29 is 0 Å². The fourth-order valence-corrected chi connectivity index (χ4v) is 1.98. The Kier molecular flexibility index (Phi) is 2.60. The molecule has 1 aromatic heterocycles. The summed E-state index contributed by atoms with van der Waals surface area (Å²) in [6, 6.07) is 4.79. The fraction of sp³-hybridized carbons (Fsp3) is 0.545. The Morgan fingerprint density at radius 3 is 2.46 bits per heavy atom. The molecule has 1 saturated heterocycles. The van der Waals surface area contributed by atoms with Crippen molar-refractivity contribution in [2.75, 3.05) is 13.1 Å². The normalized spacial score (nSPS) is 20.4. The molecule has 1 fully saturated rings. The lowest BCUT2D eigenvalue weighted by molar-refractivity contribution is 0.263. The van der Waals surface area contributed by atoms with Crippen LogP contribution < -0.4 is 0 Å². The predicted molar refractivity (Wildman–Crippen MR) is 53.5 cm³/mol. The molecule has 0 spiro atoms. The van der Waals surface area contributed by atoms with Gasteiger partial charge in [-0.25, -0.2) is 0 Å². The zero-order chi connectivity index (χ0) is 9.10. The summed E-state index contributed by atoms with van der Waals surface area (Å²) in [7, 11) is 0. The summed E-state index contributed by atoms with van der Waals surface area (Å²) in [6.07, 6.45) is 6.47. The van der Waals surface area contributed by atoms with Gasteiger partial charge in [0.25, 0.3) is 0 Å². The summed E-state index contributed by atoms with van der Waals surface area (Å²) in [5.41, 5.74) is 1.39. The molecule has 1 unspecified atom stereocenters. The van der Waals surface area contributed by atoms with E-state index in [2.05, 4.69) is 28.9 Å². The van der Waals surface area contributed by atoms with Crippen molar-refractivity contribution in [2.45, 2.75) is 25.8 Å². The van der Waals surface area contributed by atoms with Crippen LogP contribution in [0, 0.1) is 0 Å². The molecule has 0 radical (unpaired) electrons. The zero-order valence-electron chi connectivity index (χ0n) is 8.11. The van der Waals surface area contributed by atoms with Crippen LogP contribution in [0.4, 0.5) is 0 Å². The summed E-state index contributed by atoms with van der Waals surface area (Å²) in [5.74, 6) is 0. The molecule has 0 bridgehead atoms. The number of hydrogen-bond acceptors (Lipinski definition) is 2. The van der Waals surface area contributed by atoms with Gasteiger partial charge in [0.15, 0.2) is 0 Å². The Balaban J connectivity index is 2.08. The van der Waals surface area contributed by atoms with Crippen LogP contribution in [0.25, 0.3) is 0 Å². The molecule has 70 valence electrons. The molecule has 0 saturated carbocycles. The number of aromatic nitrogens is 1. The maximum atomic E-state index is 4.04. The molecule has 13 heavy (non-hydrogen) atoms. The Labute approximate surface area is 79.6 Å². The quantitative estimate of drug-likeness (QED) is 0.687. The molecular formula is C11H16N2. The Bertz CT molecular complexity index is 252. The maximum absolute atomic E-state index is 4.04. The van der Waals surface area contributed by atoms with Gasteiger partial charge in [-0.2, -0.15) is 0 Å². The van der Waals surface area contributed by atoms with Gasteiger partial charge in [-0.1, -0.05) is 0 Å². The van der Waals surface area contributed by atoms with Gasteiger partial charge in [-0.05, 0) is 50.6 Å². The summed E-state index contributed by atoms with van der Waals surface area (Å²) >= 11 is 0.